The highest BCUT2D eigenvalue weighted by molar-refractivity contribution is 5.86. The van der Waals surface area contributed by atoms with Crippen LogP contribution in [0.4, 0.5) is 8.78 Å². The molecule has 0 saturated carbocycles. The minimum atomic E-state index is -1.16. The average molecular weight is 406 g/mol. The minimum Gasteiger partial charge on any atom is -0.480 e. The van der Waals surface area contributed by atoms with E-state index >= 15 is 0 Å². The summed E-state index contributed by atoms with van der Waals surface area (Å²) in [5.74, 6) is -2.03. The molecule has 0 radical (unpaired) electrons. The maximum absolute atomic E-state index is 14.0. The molecular weight excluding hydrogens is 382 g/mol. The van der Waals surface area contributed by atoms with Gasteiger partial charge in [0.2, 0.25) is 11.8 Å². The van der Waals surface area contributed by atoms with Crippen LogP contribution in [0.5, 0.6) is 0 Å². The van der Waals surface area contributed by atoms with Crippen molar-refractivity contribution in [2.45, 2.75) is 51.7 Å². The zero-order valence-electron chi connectivity index (χ0n) is 16.4. The predicted molar refractivity (Wildman–Crippen MR) is 101 cm³/mol. The summed E-state index contributed by atoms with van der Waals surface area (Å²) in [6.07, 6.45) is 5.72. The molecule has 1 aliphatic rings. The summed E-state index contributed by atoms with van der Waals surface area (Å²) in [6.45, 7) is 3.01. The molecule has 2 rings (SSSR count). The molecule has 2 atom stereocenters. The van der Waals surface area contributed by atoms with Crippen molar-refractivity contribution >= 4 is 17.8 Å². The van der Waals surface area contributed by atoms with Gasteiger partial charge in [-0.05, 0) is 18.4 Å². The van der Waals surface area contributed by atoms with E-state index in [4.69, 9.17) is 6.42 Å². The molecule has 0 aromatic heterocycles. The summed E-state index contributed by atoms with van der Waals surface area (Å²) in [6, 6.07) is 2.08. The molecule has 156 valence electrons. The molecule has 1 aliphatic heterocycles. The van der Waals surface area contributed by atoms with Gasteiger partial charge in [0.25, 0.3) is 0 Å². The van der Waals surface area contributed by atoms with Gasteiger partial charge in [-0.2, -0.15) is 0 Å². The Morgan fingerprint density at radius 1 is 1.38 bits per heavy atom. The molecular formula is C21H24F2N2O4. The van der Waals surface area contributed by atoms with Crippen molar-refractivity contribution in [3.05, 3.63) is 35.4 Å². The normalized spacial score (nSPS) is 17.3. The number of carboxylic acid groups (broad SMARTS) is 1. The molecule has 0 aliphatic carbocycles. The highest BCUT2D eigenvalue weighted by atomic mass is 19.2. The Bertz CT molecular complexity index is 834. The Hall–Kier alpha value is -2.95. The topological polar surface area (TPSA) is 77.9 Å². The minimum absolute atomic E-state index is 0.0174. The largest absolute Gasteiger partial charge is 0.480 e. The van der Waals surface area contributed by atoms with E-state index in [0.717, 1.165) is 11.0 Å². The number of halogens is 2. The maximum Gasteiger partial charge on any atom is 0.326 e. The van der Waals surface area contributed by atoms with E-state index in [2.05, 4.69) is 5.92 Å². The van der Waals surface area contributed by atoms with Crippen molar-refractivity contribution in [3.8, 4) is 12.3 Å². The molecule has 6 nitrogen and oxygen atoms in total. The number of carbonyl (C=O) groups excluding carboxylic acids is 2. The van der Waals surface area contributed by atoms with Gasteiger partial charge in [0.1, 0.15) is 6.04 Å². The van der Waals surface area contributed by atoms with Crippen LogP contribution >= 0.6 is 0 Å². The Labute approximate surface area is 168 Å². The van der Waals surface area contributed by atoms with Crippen molar-refractivity contribution in [2.24, 2.45) is 5.92 Å². The Kier molecular flexibility index (Phi) is 7.32. The van der Waals surface area contributed by atoms with E-state index in [1.54, 1.807) is 13.8 Å². The van der Waals surface area contributed by atoms with Crippen LogP contribution in [0.25, 0.3) is 0 Å². The van der Waals surface area contributed by atoms with Gasteiger partial charge in [-0.15, -0.1) is 6.42 Å². The first-order valence-electron chi connectivity index (χ1n) is 9.35. The summed E-state index contributed by atoms with van der Waals surface area (Å²) >= 11 is 0. The molecule has 0 unspecified atom stereocenters. The van der Waals surface area contributed by atoms with Crippen LogP contribution in [-0.4, -0.2) is 51.3 Å². The van der Waals surface area contributed by atoms with Crippen LogP contribution in [0.1, 0.15) is 38.7 Å². The number of terminal acetylenes is 1. The van der Waals surface area contributed by atoms with E-state index in [-0.39, 0.29) is 43.3 Å². The van der Waals surface area contributed by atoms with Crippen LogP contribution in [0.3, 0.4) is 0 Å². The fourth-order valence-electron chi connectivity index (χ4n) is 3.61. The summed E-state index contributed by atoms with van der Waals surface area (Å²) in [7, 11) is 0. The molecule has 1 N–H and O–H groups in total. The zero-order chi connectivity index (χ0) is 21.7. The van der Waals surface area contributed by atoms with Crippen LogP contribution in [0.15, 0.2) is 18.2 Å². The van der Waals surface area contributed by atoms with Gasteiger partial charge >= 0.3 is 5.97 Å². The number of hydrogen-bond donors (Lipinski definition) is 1. The van der Waals surface area contributed by atoms with Crippen molar-refractivity contribution < 1.29 is 28.3 Å². The fourth-order valence-corrected chi connectivity index (χ4v) is 3.61. The van der Waals surface area contributed by atoms with Crippen LogP contribution in [0.2, 0.25) is 0 Å². The van der Waals surface area contributed by atoms with Gasteiger partial charge in [-0.3, -0.25) is 9.59 Å². The lowest BCUT2D eigenvalue weighted by atomic mass is 10.0. The molecule has 0 spiro atoms. The van der Waals surface area contributed by atoms with Gasteiger partial charge < -0.3 is 14.9 Å². The molecule has 1 heterocycles. The highest BCUT2D eigenvalue weighted by Gasteiger charge is 2.37. The quantitative estimate of drug-likeness (QED) is 0.673. The fraction of sp³-hybridized carbons (Fsp3) is 0.476. The Morgan fingerprint density at radius 3 is 2.66 bits per heavy atom. The van der Waals surface area contributed by atoms with Crippen molar-refractivity contribution in [3.63, 3.8) is 0 Å². The standard InChI is InChI=1S/C21H24F2N2O4/c1-4-10-24(20(13(2)3)21(28)29)18(27)11-15-8-9-17(26)25(15)12-14-6-5-7-16(22)19(14)23/h1,5-7,13,15,20H,8-12H2,2-3H3,(H,28,29)/t15-,20-/m0/s1. The second-order valence-corrected chi connectivity index (χ2v) is 7.38. The number of hydrogen-bond acceptors (Lipinski definition) is 3. The van der Waals surface area contributed by atoms with Gasteiger partial charge in [0.05, 0.1) is 6.54 Å². The molecule has 1 aromatic rings. The van der Waals surface area contributed by atoms with E-state index in [0.29, 0.717) is 6.42 Å². The van der Waals surface area contributed by atoms with Crippen LogP contribution in [-0.2, 0) is 20.9 Å². The second kappa shape index (κ2) is 9.50. The van der Waals surface area contributed by atoms with Crippen LogP contribution < -0.4 is 0 Å². The lowest BCUT2D eigenvalue weighted by Gasteiger charge is -2.32. The molecule has 0 bridgehead atoms. The van der Waals surface area contributed by atoms with E-state index < -0.39 is 35.6 Å². The van der Waals surface area contributed by atoms with Gasteiger partial charge in [0, 0.05) is 31.0 Å². The predicted octanol–water partition coefficient (Wildman–Crippen LogP) is 2.42. The van der Waals surface area contributed by atoms with Crippen LogP contribution in [0, 0.1) is 29.9 Å². The lowest BCUT2D eigenvalue weighted by molar-refractivity contribution is -0.152. The number of amides is 2. The third kappa shape index (κ3) is 5.11. The number of carbonyl (C=O) groups is 3. The Morgan fingerprint density at radius 2 is 2.07 bits per heavy atom. The number of likely N-dealkylation sites (tertiary alicyclic amines) is 1. The summed E-state index contributed by atoms with van der Waals surface area (Å²) in [5, 5.41) is 9.49. The van der Waals surface area contributed by atoms with Gasteiger partial charge in [-0.1, -0.05) is 31.9 Å². The first-order valence-corrected chi connectivity index (χ1v) is 9.35. The number of carboxylic acids is 1. The van der Waals surface area contributed by atoms with Crippen molar-refractivity contribution in [2.75, 3.05) is 6.54 Å². The third-order valence-electron chi connectivity index (χ3n) is 5.04. The third-order valence-corrected chi connectivity index (χ3v) is 5.04. The molecule has 1 aromatic carbocycles. The molecule has 1 saturated heterocycles. The molecule has 8 heteroatoms. The number of benzene rings is 1. The van der Waals surface area contributed by atoms with E-state index in [9.17, 15) is 28.3 Å². The molecule has 2 amide bonds. The monoisotopic (exact) mass is 406 g/mol. The Balaban J connectivity index is 2.20. The second-order valence-electron chi connectivity index (χ2n) is 7.38. The highest BCUT2D eigenvalue weighted by Crippen LogP contribution is 2.26. The number of rotatable bonds is 8. The molecule has 1 fully saturated rings. The average Bonchev–Trinajstić information content (AvgIpc) is 2.97. The zero-order valence-corrected chi connectivity index (χ0v) is 16.4. The number of nitrogens with zero attached hydrogens (tertiary/aromatic N) is 2. The maximum atomic E-state index is 14.0. The van der Waals surface area contributed by atoms with E-state index in [1.165, 1.54) is 17.0 Å². The SMILES string of the molecule is C#CCN(C(=O)C[C@@H]1CCC(=O)N1Cc1cccc(F)c1F)[C@H](C(=O)O)C(C)C. The summed E-state index contributed by atoms with van der Waals surface area (Å²) < 4.78 is 27.5. The van der Waals surface area contributed by atoms with Gasteiger partial charge in [-0.25, -0.2) is 13.6 Å². The first-order chi connectivity index (χ1) is 13.7. The van der Waals surface area contributed by atoms with Gasteiger partial charge in [0.15, 0.2) is 11.6 Å². The summed E-state index contributed by atoms with van der Waals surface area (Å²) in [4.78, 5) is 39.2. The first kappa shape index (κ1) is 22.3. The summed E-state index contributed by atoms with van der Waals surface area (Å²) in [5.41, 5.74) is 0.0174. The van der Waals surface area contributed by atoms with E-state index in [1.807, 2.05) is 0 Å². The lowest BCUT2D eigenvalue weighted by Crippen LogP contribution is -2.49. The number of aliphatic carboxylic acids is 1. The smallest absolute Gasteiger partial charge is 0.326 e. The molecule has 29 heavy (non-hydrogen) atoms. The van der Waals surface area contributed by atoms with Crippen molar-refractivity contribution in [1.29, 1.82) is 0 Å². The van der Waals surface area contributed by atoms with Crippen molar-refractivity contribution in [1.82, 2.24) is 9.80 Å².